The fourth-order valence-electron chi connectivity index (χ4n) is 2.13. The fourth-order valence-corrected chi connectivity index (χ4v) is 2.13. The lowest BCUT2D eigenvalue weighted by atomic mass is 9.96. The Bertz CT molecular complexity index is 188. The van der Waals surface area contributed by atoms with Gasteiger partial charge in [0.05, 0.1) is 6.61 Å². The first-order valence-corrected chi connectivity index (χ1v) is 6.39. The highest BCUT2D eigenvalue weighted by Gasteiger charge is 2.16. The standard InChI is InChI=1S/C13H24O3/c1-11(6-7-14)9-12(2)10-16-13-5-3-4-8-15-13/h7,11-13H,3-6,8-10H2,1-2H3. The van der Waals surface area contributed by atoms with Crippen molar-refractivity contribution in [3.05, 3.63) is 0 Å². The Morgan fingerprint density at radius 2 is 2.19 bits per heavy atom. The molecule has 94 valence electrons. The molecule has 0 aromatic carbocycles. The van der Waals surface area contributed by atoms with Gasteiger partial charge in [-0.1, -0.05) is 13.8 Å². The number of carbonyl (C=O) groups excluding carboxylic acids is 1. The van der Waals surface area contributed by atoms with E-state index in [1.165, 1.54) is 6.42 Å². The summed E-state index contributed by atoms with van der Waals surface area (Å²) in [6.45, 7) is 5.86. The van der Waals surface area contributed by atoms with Gasteiger partial charge in [-0.2, -0.15) is 0 Å². The quantitative estimate of drug-likeness (QED) is 0.628. The Morgan fingerprint density at radius 3 is 2.81 bits per heavy atom. The first-order valence-electron chi connectivity index (χ1n) is 6.39. The van der Waals surface area contributed by atoms with Gasteiger partial charge in [0.1, 0.15) is 6.29 Å². The van der Waals surface area contributed by atoms with Crippen LogP contribution in [-0.2, 0) is 14.3 Å². The minimum absolute atomic E-state index is 0.0116. The summed E-state index contributed by atoms with van der Waals surface area (Å²) in [5.41, 5.74) is 0. The smallest absolute Gasteiger partial charge is 0.157 e. The predicted molar refractivity (Wildman–Crippen MR) is 63.2 cm³/mol. The summed E-state index contributed by atoms with van der Waals surface area (Å²) in [4.78, 5) is 10.4. The molecule has 1 heterocycles. The van der Waals surface area contributed by atoms with Crippen LogP contribution in [0.2, 0.25) is 0 Å². The van der Waals surface area contributed by atoms with Gasteiger partial charge in [0.15, 0.2) is 6.29 Å². The SMILES string of the molecule is CC(CC=O)CC(C)COC1CCCCO1. The van der Waals surface area contributed by atoms with Crippen molar-refractivity contribution in [1.82, 2.24) is 0 Å². The van der Waals surface area contributed by atoms with Crippen LogP contribution in [0, 0.1) is 11.8 Å². The first-order chi connectivity index (χ1) is 7.72. The first kappa shape index (κ1) is 13.7. The molecule has 1 rings (SSSR count). The molecule has 1 fully saturated rings. The average Bonchev–Trinajstić information content (AvgIpc) is 2.28. The molecule has 0 spiro atoms. The second-order valence-electron chi connectivity index (χ2n) is 4.98. The molecule has 0 aromatic rings. The lowest BCUT2D eigenvalue weighted by molar-refractivity contribution is -0.168. The normalized spacial score (nSPS) is 25.0. The number of ether oxygens (including phenoxy) is 2. The molecule has 1 aliphatic rings. The summed E-state index contributed by atoms with van der Waals surface area (Å²) in [7, 11) is 0. The maximum atomic E-state index is 10.4. The number of hydrogen-bond acceptors (Lipinski definition) is 3. The van der Waals surface area contributed by atoms with E-state index in [9.17, 15) is 4.79 Å². The molecule has 0 bridgehead atoms. The van der Waals surface area contributed by atoms with E-state index in [-0.39, 0.29) is 6.29 Å². The number of aldehydes is 1. The minimum atomic E-state index is 0.0116. The molecule has 0 N–H and O–H groups in total. The number of carbonyl (C=O) groups is 1. The van der Waals surface area contributed by atoms with Crippen molar-refractivity contribution >= 4 is 6.29 Å². The lowest BCUT2D eigenvalue weighted by Gasteiger charge is -2.24. The van der Waals surface area contributed by atoms with Crippen molar-refractivity contribution in [2.45, 2.75) is 52.2 Å². The molecule has 0 radical (unpaired) electrons. The van der Waals surface area contributed by atoms with Crippen molar-refractivity contribution in [2.75, 3.05) is 13.2 Å². The number of rotatable bonds is 7. The van der Waals surface area contributed by atoms with Crippen molar-refractivity contribution in [2.24, 2.45) is 11.8 Å². The Hall–Kier alpha value is -0.410. The summed E-state index contributed by atoms with van der Waals surface area (Å²) < 4.78 is 11.2. The average molecular weight is 228 g/mol. The van der Waals surface area contributed by atoms with Crippen molar-refractivity contribution in [3.63, 3.8) is 0 Å². The minimum Gasteiger partial charge on any atom is -0.353 e. The maximum Gasteiger partial charge on any atom is 0.157 e. The molecule has 1 aliphatic heterocycles. The van der Waals surface area contributed by atoms with Crippen LogP contribution in [-0.4, -0.2) is 25.8 Å². The van der Waals surface area contributed by atoms with Crippen molar-refractivity contribution < 1.29 is 14.3 Å². The molecule has 0 amide bonds. The molecule has 16 heavy (non-hydrogen) atoms. The topological polar surface area (TPSA) is 35.5 Å². The van der Waals surface area contributed by atoms with Crippen LogP contribution < -0.4 is 0 Å². The van der Waals surface area contributed by atoms with Gasteiger partial charge < -0.3 is 14.3 Å². The van der Waals surface area contributed by atoms with Crippen LogP contribution in [0.3, 0.4) is 0 Å². The lowest BCUT2D eigenvalue weighted by Crippen LogP contribution is -2.24. The largest absolute Gasteiger partial charge is 0.353 e. The fraction of sp³-hybridized carbons (Fsp3) is 0.923. The van der Waals surface area contributed by atoms with Crippen LogP contribution >= 0.6 is 0 Å². The monoisotopic (exact) mass is 228 g/mol. The van der Waals surface area contributed by atoms with Crippen LogP contribution in [0.4, 0.5) is 0 Å². The van der Waals surface area contributed by atoms with Gasteiger partial charge in [-0.25, -0.2) is 0 Å². The molecule has 3 nitrogen and oxygen atoms in total. The van der Waals surface area contributed by atoms with E-state index in [2.05, 4.69) is 13.8 Å². The zero-order valence-corrected chi connectivity index (χ0v) is 10.5. The van der Waals surface area contributed by atoms with E-state index in [1.807, 2.05) is 0 Å². The molecule has 0 aliphatic carbocycles. The second kappa shape index (κ2) is 7.80. The number of hydrogen-bond donors (Lipinski definition) is 0. The van der Waals surface area contributed by atoms with E-state index < -0.39 is 0 Å². The molecule has 3 atom stereocenters. The molecule has 1 saturated heterocycles. The molecule has 3 heteroatoms. The zero-order chi connectivity index (χ0) is 11.8. The highest BCUT2D eigenvalue weighted by atomic mass is 16.7. The Labute approximate surface area is 98.5 Å². The maximum absolute atomic E-state index is 10.4. The third-order valence-electron chi connectivity index (χ3n) is 3.01. The van der Waals surface area contributed by atoms with Crippen LogP contribution in [0.25, 0.3) is 0 Å². The van der Waals surface area contributed by atoms with E-state index in [0.717, 1.165) is 38.8 Å². The summed E-state index contributed by atoms with van der Waals surface area (Å²) >= 11 is 0. The Balaban J connectivity index is 2.08. The Kier molecular flexibility index (Phi) is 6.65. The van der Waals surface area contributed by atoms with Crippen molar-refractivity contribution in [1.29, 1.82) is 0 Å². The molecule has 3 unspecified atom stereocenters. The van der Waals surface area contributed by atoms with Crippen LogP contribution in [0.5, 0.6) is 0 Å². The van der Waals surface area contributed by atoms with Gasteiger partial charge in [0.2, 0.25) is 0 Å². The van der Waals surface area contributed by atoms with Crippen LogP contribution in [0.1, 0.15) is 46.0 Å². The molecular formula is C13H24O3. The highest BCUT2D eigenvalue weighted by Crippen LogP contribution is 2.18. The van der Waals surface area contributed by atoms with Gasteiger partial charge in [-0.05, 0) is 37.5 Å². The van der Waals surface area contributed by atoms with Gasteiger partial charge in [-0.15, -0.1) is 0 Å². The van der Waals surface area contributed by atoms with Gasteiger partial charge in [0, 0.05) is 13.0 Å². The van der Waals surface area contributed by atoms with Gasteiger partial charge in [0.25, 0.3) is 0 Å². The van der Waals surface area contributed by atoms with E-state index in [0.29, 0.717) is 18.3 Å². The van der Waals surface area contributed by atoms with Gasteiger partial charge in [-0.3, -0.25) is 0 Å². The van der Waals surface area contributed by atoms with E-state index in [1.54, 1.807) is 0 Å². The highest BCUT2D eigenvalue weighted by molar-refractivity contribution is 5.49. The predicted octanol–water partition coefficient (Wildman–Crippen LogP) is 2.78. The Morgan fingerprint density at radius 1 is 1.38 bits per heavy atom. The second-order valence-corrected chi connectivity index (χ2v) is 4.98. The summed E-state index contributed by atoms with van der Waals surface area (Å²) in [6, 6.07) is 0. The van der Waals surface area contributed by atoms with Gasteiger partial charge >= 0.3 is 0 Å². The third kappa shape index (κ3) is 5.61. The molecule has 0 saturated carbocycles. The van der Waals surface area contributed by atoms with E-state index in [4.69, 9.17) is 9.47 Å². The summed E-state index contributed by atoms with van der Waals surface area (Å²) in [5, 5.41) is 0. The van der Waals surface area contributed by atoms with Crippen molar-refractivity contribution in [3.8, 4) is 0 Å². The molecule has 0 aromatic heterocycles. The summed E-state index contributed by atoms with van der Waals surface area (Å²) in [6.07, 6.45) is 6.11. The van der Waals surface area contributed by atoms with E-state index >= 15 is 0 Å². The van der Waals surface area contributed by atoms with Crippen LogP contribution in [0.15, 0.2) is 0 Å². The zero-order valence-electron chi connectivity index (χ0n) is 10.5. The molecular weight excluding hydrogens is 204 g/mol. The summed E-state index contributed by atoms with van der Waals surface area (Å²) in [5.74, 6) is 0.962. The third-order valence-corrected chi connectivity index (χ3v) is 3.01.